The molecule has 0 saturated heterocycles. The third-order valence-corrected chi connectivity index (χ3v) is 2.89. The fourth-order valence-corrected chi connectivity index (χ4v) is 1.83. The van der Waals surface area contributed by atoms with Crippen LogP contribution in [0.25, 0.3) is 0 Å². The van der Waals surface area contributed by atoms with E-state index in [-0.39, 0.29) is 21.5 Å². The maximum Gasteiger partial charge on any atom is 0.255 e. The molecule has 88 valence electrons. The summed E-state index contributed by atoms with van der Waals surface area (Å²) < 4.78 is 13.2. The van der Waals surface area contributed by atoms with Crippen molar-refractivity contribution in [2.75, 3.05) is 13.1 Å². The van der Waals surface area contributed by atoms with Crippen molar-refractivity contribution in [2.45, 2.75) is 13.8 Å². The van der Waals surface area contributed by atoms with Gasteiger partial charge in [-0.2, -0.15) is 0 Å². The summed E-state index contributed by atoms with van der Waals surface area (Å²) in [6.07, 6.45) is 0. The molecule has 0 radical (unpaired) electrons. The van der Waals surface area contributed by atoms with Gasteiger partial charge in [-0.25, -0.2) is 4.39 Å². The predicted molar refractivity (Wildman–Crippen MR) is 63.7 cm³/mol. The molecule has 0 atom stereocenters. The summed E-state index contributed by atoms with van der Waals surface area (Å²) in [7, 11) is 0. The molecule has 1 rings (SSSR count). The van der Waals surface area contributed by atoms with Gasteiger partial charge in [0.05, 0.1) is 15.6 Å². The van der Waals surface area contributed by atoms with Gasteiger partial charge in [-0.1, -0.05) is 23.2 Å². The Morgan fingerprint density at radius 2 is 1.81 bits per heavy atom. The molecule has 0 aromatic heterocycles. The summed E-state index contributed by atoms with van der Waals surface area (Å²) in [6, 6.07) is 2.32. The zero-order valence-electron chi connectivity index (χ0n) is 9.06. The normalized spacial score (nSPS) is 10.3. The predicted octanol–water partition coefficient (Wildman–Crippen LogP) is 3.61. The fourth-order valence-electron chi connectivity index (χ4n) is 1.37. The van der Waals surface area contributed by atoms with Gasteiger partial charge >= 0.3 is 0 Å². The van der Waals surface area contributed by atoms with Crippen LogP contribution in [-0.4, -0.2) is 23.9 Å². The molecule has 16 heavy (non-hydrogen) atoms. The van der Waals surface area contributed by atoms with E-state index in [1.165, 1.54) is 6.07 Å². The van der Waals surface area contributed by atoms with Gasteiger partial charge in [-0.3, -0.25) is 4.79 Å². The molecule has 0 unspecified atom stereocenters. The summed E-state index contributed by atoms with van der Waals surface area (Å²) in [6.45, 7) is 4.80. The maximum absolute atomic E-state index is 13.2. The molecular formula is C11H12Cl2FNO. The first kappa shape index (κ1) is 13.3. The minimum atomic E-state index is -0.637. The highest BCUT2D eigenvalue weighted by Gasteiger charge is 2.18. The molecule has 0 heterocycles. The Balaban J connectivity index is 3.13. The summed E-state index contributed by atoms with van der Waals surface area (Å²) >= 11 is 11.4. The van der Waals surface area contributed by atoms with Crippen LogP contribution in [0.15, 0.2) is 12.1 Å². The highest BCUT2D eigenvalue weighted by atomic mass is 35.5. The van der Waals surface area contributed by atoms with Crippen LogP contribution in [0.1, 0.15) is 24.2 Å². The average Bonchev–Trinajstić information content (AvgIpc) is 2.25. The van der Waals surface area contributed by atoms with E-state index in [0.29, 0.717) is 13.1 Å². The maximum atomic E-state index is 13.2. The van der Waals surface area contributed by atoms with E-state index < -0.39 is 5.82 Å². The van der Waals surface area contributed by atoms with Crippen LogP contribution in [0.4, 0.5) is 4.39 Å². The summed E-state index contributed by atoms with van der Waals surface area (Å²) in [5.41, 5.74) is 0.146. The number of hydrogen-bond acceptors (Lipinski definition) is 1. The lowest BCUT2D eigenvalue weighted by atomic mass is 10.2. The van der Waals surface area contributed by atoms with Crippen molar-refractivity contribution in [2.24, 2.45) is 0 Å². The van der Waals surface area contributed by atoms with E-state index in [1.54, 1.807) is 4.90 Å². The smallest absolute Gasteiger partial charge is 0.255 e. The summed E-state index contributed by atoms with van der Waals surface area (Å²) in [4.78, 5) is 13.5. The largest absolute Gasteiger partial charge is 0.339 e. The Morgan fingerprint density at radius 3 is 2.31 bits per heavy atom. The third-order valence-electron chi connectivity index (χ3n) is 2.29. The average molecular weight is 264 g/mol. The van der Waals surface area contributed by atoms with E-state index in [4.69, 9.17) is 23.2 Å². The zero-order chi connectivity index (χ0) is 12.3. The Morgan fingerprint density at radius 1 is 1.25 bits per heavy atom. The lowest BCUT2D eigenvalue weighted by molar-refractivity contribution is 0.0772. The lowest BCUT2D eigenvalue weighted by Gasteiger charge is -2.19. The Labute approximate surface area is 104 Å². The highest BCUT2D eigenvalue weighted by molar-refractivity contribution is 6.36. The number of carbonyl (C=O) groups excluding carboxylic acids is 1. The van der Waals surface area contributed by atoms with Crippen molar-refractivity contribution in [1.29, 1.82) is 0 Å². The monoisotopic (exact) mass is 263 g/mol. The van der Waals surface area contributed by atoms with Crippen LogP contribution < -0.4 is 0 Å². The van der Waals surface area contributed by atoms with Crippen molar-refractivity contribution < 1.29 is 9.18 Å². The zero-order valence-corrected chi connectivity index (χ0v) is 10.6. The molecule has 1 amide bonds. The SMILES string of the molecule is CCN(CC)C(=O)c1cc(F)c(Cl)cc1Cl. The van der Waals surface area contributed by atoms with Gasteiger partial charge in [-0.05, 0) is 26.0 Å². The second-order valence-corrected chi connectivity index (χ2v) is 4.04. The van der Waals surface area contributed by atoms with Crippen LogP contribution in [0.3, 0.4) is 0 Å². The Kier molecular flexibility index (Phi) is 4.56. The van der Waals surface area contributed by atoms with Gasteiger partial charge in [-0.15, -0.1) is 0 Å². The van der Waals surface area contributed by atoms with E-state index in [1.807, 2.05) is 13.8 Å². The highest BCUT2D eigenvalue weighted by Crippen LogP contribution is 2.25. The van der Waals surface area contributed by atoms with Gasteiger partial charge < -0.3 is 4.90 Å². The molecule has 0 aliphatic heterocycles. The third kappa shape index (κ3) is 2.66. The molecule has 2 nitrogen and oxygen atoms in total. The molecule has 1 aromatic carbocycles. The first-order chi connectivity index (χ1) is 7.51. The number of halogens is 3. The minimum Gasteiger partial charge on any atom is -0.339 e. The quantitative estimate of drug-likeness (QED) is 0.763. The van der Waals surface area contributed by atoms with Crippen molar-refractivity contribution in [3.05, 3.63) is 33.6 Å². The van der Waals surface area contributed by atoms with Gasteiger partial charge in [0.2, 0.25) is 0 Å². The molecule has 0 bridgehead atoms. The van der Waals surface area contributed by atoms with Crippen molar-refractivity contribution in [3.8, 4) is 0 Å². The number of amides is 1. The number of benzene rings is 1. The fraction of sp³-hybridized carbons (Fsp3) is 0.364. The van der Waals surface area contributed by atoms with Gasteiger partial charge in [0.1, 0.15) is 5.82 Å². The van der Waals surface area contributed by atoms with Gasteiger partial charge in [0.25, 0.3) is 5.91 Å². The molecular weight excluding hydrogens is 252 g/mol. The van der Waals surface area contributed by atoms with Crippen LogP contribution in [0.2, 0.25) is 10.0 Å². The first-order valence-corrected chi connectivity index (χ1v) is 5.70. The van der Waals surface area contributed by atoms with Crippen molar-refractivity contribution in [3.63, 3.8) is 0 Å². The molecule has 0 fully saturated rings. The summed E-state index contributed by atoms with van der Waals surface area (Å²) in [5, 5.41) is 0.0874. The molecule has 0 aliphatic carbocycles. The van der Waals surface area contributed by atoms with Crippen molar-refractivity contribution >= 4 is 29.1 Å². The Hall–Kier alpha value is -0.800. The van der Waals surface area contributed by atoms with Crippen molar-refractivity contribution in [1.82, 2.24) is 4.90 Å². The second kappa shape index (κ2) is 5.51. The lowest BCUT2D eigenvalue weighted by Crippen LogP contribution is -2.30. The number of nitrogens with zero attached hydrogens (tertiary/aromatic N) is 1. The van der Waals surface area contributed by atoms with E-state index in [2.05, 4.69) is 0 Å². The van der Waals surface area contributed by atoms with Crippen LogP contribution in [0.5, 0.6) is 0 Å². The molecule has 0 saturated carbocycles. The van der Waals surface area contributed by atoms with Gasteiger partial charge in [0, 0.05) is 13.1 Å². The van der Waals surface area contributed by atoms with Gasteiger partial charge in [0.15, 0.2) is 0 Å². The van der Waals surface area contributed by atoms with E-state index in [9.17, 15) is 9.18 Å². The van der Waals surface area contributed by atoms with E-state index >= 15 is 0 Å². The standard InChI is InChI=1S/C11H12Cl2FNO/c1-3-15(4-2)11(16)7-5-10(14)9(13)6-8(7)12/h5-6H,3-4H2,1-2H3. The minimum absolute atomic E-state index is 0.0823. The van der Waals surface area contributed by atoms with E-state index in [0.717, 1.165) is 6.07 Å². The summed E-state index contributed by atoms with van der Waals surface area (Å²) in [5.74, 6) is -0.924. The molecule has 0 N–H and O–H groups in total. The second-order valence-electron chi connectivity index (χ2n) is 3.22. The van der Waals surface area contributed by atoms with Crippen LogP contribution >= 0.6 is 23.2 Å². The van der Waals surface area contributed by atoms with Crippen LogP contribution in [-0.2, 0) is 0 Å². The Bertz CT molecular complexity index is 405. The molecule has 0 spiro atoms. The molecule has 5 heteroatoms. The molecule has 0 aliphatic rings. The number of rotatable bonds is 3. The number of carbonyl (C=O) groups is 1. The topological polar surface area (TPSA) is 20.3 Å². The van der Waals surface area contributed by atoms with Crippen LogP contribution in [0, 0.1) is 5.82 Å². The number of hydrogen-bond donors (Lipinski definition) is 0. The first-order valence-electron chi connectivity index (χ1n) is 4.95. The molecule has 1 aromatic rings.